The maximum absolute atomic E-state index is 4.07. The first-order chi connectivity index (χ1) is 4.00. The van der Waals surface area contributed by atoms with E-state index < -0.39 is 0 Å². The molecule has 0 atom stereocenters. The standard InChI is InChI=1S/C4H11N4.2CH3.2ClH.Ti/c1-5-2-7-4-8-3-6-1;;;;;/h5-7H,1-4H2;2*1H3;2*1H;/q3*-1;;;+3. The molecule has 0 saturated carbocycles. The summed E-state index contributed by atoms with van der Waals surface area (Å²) in [5.41, 5.74) is 0. The van der Waals surface area contributed by atoms with Crippen molar-refractivity contribution in [2.75, 3.05) is 26.7 Å². The zero-order chi connectivity index (χ0) is 5.66. The van der Waals surface area contributed by atoms with Crippen LogP contribution in [0.5, 0.6) is 0 Å². The molecule has 7 heteroatoms. The monoisotopic (exact) mass is 265 g/mol. The molecule has 0 bridgehead atoms. The Labute approximate surface area is 109 Å². The first kappa shape index (κ1) is 29.2. The molecule has 1 aliphatic heterocycles. The van der Waals surface area contributed by atoms with Crippen LogP contribution in [0.3, 0.4) is 0 Å². The van der Waals surface area contributed by atoms with E-state index >= 15 is 0 Å². The Balaban J connectivity index is -0.0000000427. The minimum Gasteiger partial charge on any atom is -0.638 e. The van der Waals surface area contributed by atoms with Crippen molar-refractivity contribution in [3.8, 4) is 0 Å². The second kappa shape index (κ2) is 23.2. The molecule has 0 aromatic carbocycles. The third-order valence-corrected chi connectivity index (χ3v) is 0.947. The van der Waals surface area contributed by atoms with Gasteiger partial charge in [0.1, 0.15) is 0 Å². The summed E-state index contributed by atoms with van der Waals surface area (Å²) in [6, 6.07) is 0. The Morgan fingerprint density at radius 2 is 1.15 bits per heavy atom. The van der Waals surface area contributed by atoms with Crippen molar-refractivity contribution in [2.24, 2.45) is 0 Å². The van der Waals surface area contributed by atoms with Crippen LogP contribution in [0.15, 0.2) is 0 Å². The van der Waals surface area contributed by atoms with Gasteiger partial charge >= 0.3 is 21.7 Å². The zero-order valence-electron chi connectivity index (χ0n) is 8.09. The normalized spacial score (nSPS) is 14.8. The maximum atomic E-state index is 4.07. The van der Waals surface area contributed by atoms with E-state index in [0.29, 0.717) is 0 Å². The smallest absolute Gasteiger partial charge is 0.638 e. The molecule has 1 fully saturated rings. The average molecular weight is 266 g/mol. The number of hydrogen-bond donors (Lipinski definition) is 3. The molecule has 81 valence electrons. The molecule has 1 rings (SSSR count). The summed E-state index contributed by atoms with van der Waals surface area (Å²) in [4.78, 5) is 0. The van der Waals surface area contributed by atoms with E-state index in [9.17, 15) is 0 Å². The molecule has 0 unspecified atom stereocenters. The van der Waals surface area contributed by atoms with Crippen molar-refractivity contribution in [3.63, 3.8) is 0 Å². The third-order valence-electron chi connectivity index (χ3n) is 0.947. The van der Waals surface area contributed by atoms with Crippen LogP contribution in [0, 0.1) is 14.9 Å². The Morgan fingerprint density at radius 3 is 1.54 bits per heavy atom. The second-order valence-electron chi connectivity index (χ2n) is 1.64. The van der Waals surface area contributed by atoms with Gasteiger partial charge in [-0.05, 0) is 0 Å². The number of nitrogens with zero attached hydrogens (tertiary/aromatic N) is 1. The van der Waals surface area contributed by atoms with Crippen LogP contribution >= 0.6 is 24.8 Å². The van der Waals surface area contributed by atoms with Gasteiger partial charge in [0.25, 0.3) is 0 Å². The molecule has 13 heavy (non-hydrogen) atoms. The molecular formula is C6H19Cl2N4Ti. The SMILES string of the molecule is C1[N-]CNCNCN1.Cl.Cl.[CH3-].[CH3-].[Ti+3]. The minimum atomic E-state index is 0. The quantitative estimate of drug-likeness (QED) is 0.447. The fraction of sp³-hybridized carbons (Fsp3) is 0.667. The van der Waals surface area contributed by atoms with Gasteiger partial charge in [0.05, 0.1) is 0 Å². The molecule has 0 aromatic rings. The number of halogens is 2. The number of hydrogen-bond acceptors (Lipinski definition) is 3. The summed E-state index contributed by atoms with van der Waals surface area (Å²) in [5.74, 6) is 0. The van der Waals surface area contributed by atoms with Gasteiger partial charge in [-0.25, -0.2) is 0 Å². The third kappa shape index (κ3) is 19.5. The minimum absolute atomic E-state index is 0. The molecular weight excluding hydrogens is 247 g/mol. The van der Waals surface area contributed by atoms with Crippen LogP contribution in [-0.2, 0) is 21.7 Å². The largest absolute Gasteiger partial charge is 3.00 e. The molecule has 0 aromatic heterocycles. The summed E-state index contributed by atoms with van der Waals surface area (Å²) < 4.78 is 0. The van der Waals surface area contributed by atoms with Gasteiger partial charge < -0.3 is 30.8 Å². The van der Waals surface area contributed by atoms with Crippen molar-refractivity contribution in [3.05, 3.63) is 20.2 Å². The first-order valence-electron chi connectivity index (χ1n) is 2.75. The Bertz CT molecular complexity index is 46.6. The van der Waals surface area contributed by atoms with Crippen LogP contribution in [0.1, 0.15) is 0 Å². The molecule has 3 N–H and O–H groups in total. The van der Waals surface area contributed by atoms with E-state index in [-0.39, 0.29) is 61.4 Å². The van der Waals surface area contributed by atoms with Crippen molar-refractivity contribution < 1.29 is 21.7 Å². The van der Waals surface area contributed by atoms with Crippen molar-refractivity contribution in [1.82, 2.24) is 16.0 Å². The van der Waals surface area contributed by atoms with Gasteiger partial charge in [-0.2, -0.15) is 0 Å². The number of rotatable bonds is 0. The van der Waals surface area contributed by atoms with E-state index in [1.807, 2.05) is 0 Å². The van der Waals surface area contributed by atoms with Crippen LogP contribution < -0.4 is 16.0 Å². The average Bonchev–Trinajstić information content (AvgIpc) is 1.62. The van der Waals surface area contributed by atoms with Gasteiger partial charge in [0, 0.05) is 13.3 Å². The van der Waals surface area contributed by atoms with E-state index in [4.69, 9.17) is 0 Å². The molecule has 1 aliphatic rings. The van der Waals surface area contributed by atoms with Crippen LogP contribution in [0.2, 0.25) is 0 Å². The summed E-state index contributed by atoms with van der Waals surface area (Å²) in [5, 5.41) is 13.3. The van der Waals surface area contributed by atoms with Crippen molar-refractivity contribution in [2.45, 2.75) is 0 Å². The van der Waals surface area contributed by atoms with E-state index in [2.05, 4.69) is 21.3 Å². The Kier molecular flexibility index (Phi) is 52.1. The van der Waals surface area contributed by atoms with Gasteiger partial charge in [-0.1, -0.05) is 13.3 Å². The molecule has 1 saturated heterocycles. The van der Waals surface area contributed by atoms with Gasteiger partial charge in [-0.3, -0.25) is 5.32 Å². The van der Waals surface area contributed by atoms with Gasteiger partial charge in [-0.15, -0.1) is 24.8 Å². The summed E-state index contributed by atoms with van der Waals surface area (Å²) in [6.07, 6.45) is 0. The van der Waals surface area contributed by atoms with E-state index in [1.54, 1.807) is 0 Å². The van der Waals surface area contributed by atoms with E-state index in [1.165, 1.54) is 0 Å². The van der Waals surface area contributed by atoms with Crippen LogP contribution in [-0.4, -0.2) is 26.7 Å². The molecule has 0 amide bonds. The summed E-state index contributed by atoms with van der Waals surface area (Å²) >= 11 is 0. The van der Waals surface area contributed by atoms with Crippen LogP contribution in [0.25, 0.3) is 5.32 Å². The van der Waals surface area contributed by atoms with Crippen molar-refractivity contribution >= 4 is 24.8 Å². The molecule has 1 radical (unpaired) electrons. The number of nitrogens with one attached hydrogen (secondary N) is 3. The summed E-state index contributed by atoms with van der Waals surface area (Å²) in [7, 11) is 0. The predicted molar refractivity (Wildman–Crippen MR) is 59.6 cm³/mol. The molecule has 4 nitrogen and oxygen atoms in total. The Morgan fingerprint density at radius 1 is 0.769 bits per heavy atom. The molecule has 0 aliphatic carbocycles. The van der Waals surface area contributed by atoms with Gasteiger partial charge in [0.2, 0.25) is 0 Å². The fourth-order valence-corrected chi connectivity index (χ4v) is 0.565. The first-order valence-corrected chi connectivity index (χ1v) is 2.75. The second-order valence-corrected chi connectivity index (χ2v) is 1.64. The van der Waals surface area contributed by atoms with Crippen molar-refractivity contribution in [1.29, 1.82) is 0 Å². The van der Waals surface area contributed by atoms with E-state index in [0.717, 1.165) is 26.7 Å². The topological polar surface area (TPSA) is 50.2 Å². The van der Waals surface area contributed by atoms with Crippen LogP contribution in [0.4, 0.5) is 0 Å². The summed E-state index contributed by atoms with van der Waals surface area (Å²) in [6.45, 7) is 3.19. The fourth-order valence-electron chi connectivity index (χ4n) is 0.565. The molecule has 0 spiro atoms. The predicted octanol–water partition coefficient (Wildman–Crippen LogP) is 0.714. The van der Waals surface area contributed by atoms with Gasteiger partial charge in [0.15, 0.2) is 0 Å². The zero-order valence-corrected chi connectivity index (χ0v) is 11.3. The maximum Gasteiger partial charge on any atom is 3.00 e. The molecule has 1 heterocycles. The Hall–Kier alpha value is 1.13.